The van der Waals surface area contributed by atoms with Crippen LogP contribution in [0.1, 0.15) is 36.2 Å². The molecule has 2 aliphatic rings. The molecule has 30 heavy (non-hydrogen) atoms. The van der Waals surface area contributed by atoms with Gasteiger partial charge in [-0.2, -0.15) is 22.5 Å². The number of carbonyl (C=O) groups is 1. The number of likely N-dealkylation sites (N-methyl/N-ethyl adjacent to an activating group) is 1. The van der Waals surface area contributed by atoms with E-state index in [-0.39, 0.29) is 19.2 Å². The minimum absolute atomic E-state index is 0.179. The van der Waals surface area contributed by atoms with Crippen LogP contribution in [0.3, 0.4) is 0 Å². The fraction of sp³-hybridized carbons (Fsp3) is 0.474. The van der Waals surface area contributed by atoms with E-state index in [0.717, 1.165) is 21.1 Å². The lowest BCUT2D eigenvalue weighted by Gasteiger charge is -2.36. The summed E-state index contributed by atoms with van der Waals surface area (Å²) in [4.78, 5) is 12.9. The lowest BCUT2D eigenvalue weighted by atomic mass is 10.00. The van der Waals surface area contributed by atoms with E-state index in [2.05, 4.69) is 15.1 Å². The SMILES string of the molecule is CCn1cc([C@@H]2C[C@H](C(=O)NCc3ccc4c(c3)OCO4)N(C)S(=O)(=O)N2)c(C)n1. The fourth-order valence-electron chi connectivity index (χ4n) is 3.71. The molecule has 0 aliphatic carbocycles. The van der Waals surface area contributed by atoms with E-state index in [1.807, 2.05) is 26.1 Å². The average Bonchev–Trinajstić information content (AvgIpc) is 3.33. The monoisotopic (exact) mass is 435 g/mol. The van der Waals surface area contributed by atoms with Crippen molar-refractivity contribution in [3.05, 3.63) is 41.2 Å². The highest BCUT2D eigenvalue weighted by Gasteiger charge is 2.41. The minimum atomic E-state index is -3.81. The lowest BCUT2D eigenvalue weighted by Crippen LogP contribution is -2.57. The molecule has 2 aromatic rings. The summed E-state index contributed by atoms with van der Waals surface area (Å²) in [6, 6.07) is 4.07. The van der Waals surface area contributed by atoms with Crippen molar-refractivity contribution in [3.63, 3.8) is 0 Å². The van der Waals surface area contributed by atoms with E-state index in [1.54, 1.807) is 16.8 Å². The molecular formula is C19H25N5O5S. The Labute approximate surface area is 175 Å². The van der Waals surface area contributed by atoms with Gasteiger partial charge in [0.25, 0.3) is 10.2 Å². The number of carbonyl (C=O) groups excluding carboxylic acids is 1. The molecule has 0 spiro atoms. The number of aryl methyl sites for hydroxylation is 2. The number of benzene rings is 1. The van der Waals surface area contributed by atoms with Gasteiger partial charge in [0.2, 0.25) is 12.7 Å². The zero-order chi connectivity index (χ0) is 21.5. The second kappa shape index (κ2) is 7.89. The smallest absolute Gasteiger partial charge is 0.280 e. The van der Waals surface area contributed by atoms with Gasteiger partial charge in [-0.3, -0.25) is 9.48 Å². The number of rotatable bonds is 5. The molecule has 1 aromatic heterocycles. The van der Waals surface area contributed by atoms with Gasteiger partial charge in [0.05, 0.1) is 11.7 Å². The van der Waals surface area contributed by atoms with Crippen molar-refractivity contribution in [2.45, 2.75) is 45.4 Å². The van der Waals surface area contributed by atoms with Crippen molar-refractivity contribution in [1.82, 2.24) is 24.1 Å². The van der Waals surface area contributed by atoms with Crippen molar-refractivity contribution in [2.24, 2.45) is 0 Å². The van der Waals surface area contributed by atoms with Crippen LogP contribution >= 0.6 is 0 Å². The lowest BCUT2D eigenvalue weighted by molar-refractivity contribution is -0.125. The van der Waals surface area contributed by atoms with Gasteiger partial charge in [-0.05, 0) is 38.0 Å². The summed E-state index contributed by atoms with van der Waals surface area (Å²) < 4.78 is 41.4. The fourth-order valence-corrected chi connectivity index (χ4v) is 4.97. The van der Waals surface area contributed by atoms with Crippen LogP contribution in [0.2, 0.25) is 0 Å². The zero-order valence-corrected chi connectivity index (χ0v) is 17.9. The molecule has 2 N–H and O–H groups in total. The Morgan fingerprint density at radius 1 is 1.33 bits per heavy atom. The normalized spacial score (nSPS) is 22.8. The molecule has 11 heteroatoms. The molecule has 0 bridgehead atoms. The van der Waals surface area contributed by atoms with Crippen LogP contribution in [0.4, 0.5) is 0 Å². The number of hydrogen-bond acceptors (Lipinski definition) is 6. The standard InChI is InChI=1S/C19H25N5O5S/c1-4-24-10-14(12(2)21-24)15-8-16(23(3)30(26,27)22-15)19(25)20-9-13-5-6-17-18(7-13)29-11-28-17/h5-7,10,15-16,22H,4,8-9,11H2,1-3H3,(H,20,25)/t15-,16+/m0/s1. The van der Waals surface area contributed by atoms with E-state index in [0.29, 0.717) is 24.5 Å². The van der Waals surface area contributed by atoms with Crippen LogP contribution in [0.15, 0.2) is 24.4 Å². The van der Waals surface area contributed by atoms with Gasteiger partial charge < -0.3 is 14.8 Å². The molecular weight excluding hydrogens is 410 g/mol. The van der Waals surface area contributed by atoms with Crippen molar-refractivity contribution in [1.29, 1.82) is 0 Å². The maximum atomic E-state index is 12.9. The van der Waals surface area contributed by atoms with E-state index in [9.17, 15) is 13.2 Å². The van der Waals surface area contributed by atoms with Crippen LogP contribution < -0.4 is 19.5 Å². The molecule has 162 valence electrons. The molecule has 1 fully saturated rings. The summed E-state index contributed by atoms with van der Waals surface area (Å²) in [7, 11) is -2.40. The van der Waals surface area contributed by atoms with E-state index in [4.69, 9.17) is 9.47 Å². The molecule has 10 nitrogen and oxygen atoms in total. The summed E-state index contributed by atoms with van der Waals surface area (Å²) in [5.74, 6) is 0.942. The van der Waals surface area contributed by atoms with Gasteiger partial charge in [0.15, 0.2) is 11.5 Å². The Balaban J connectivity index is 1.49. The van der Waals surface area contributed by atoms with E-state index < -0.39 is 22.3 Å². The number of fused-ring (bicyclic) bond motifs is 1. The van der Waals surface area contributed by atoms with Crippen LogP contribution in [0.25, 0.3) is 0 Å². The first kappa shape index (κ1) is 20.6. The number of nitrogens with zero attached hydrogens (tertiary/aromatic N) is 3. The third-order valence-corrected chi connectivity index (χ3v) is 7.05. The summed E-state index contributed by atoms with van der Waals surface area (Å²) in [6.45, 7) is 4.91. The second-order valence-corrected chi connectivity index (χ2v) is 9.14. The average molecular weight is 436 g/mol. The maximum absolute atomic E-state index is 12.9. The van der Waals surface area contributed by atoms with Gasteiger partial charge >= 0.3 is 0 Å². The van der Waals surface area contributed by atoms with E-state index in [1.165, 1.54) is 7.05 Å². The maximum Gasteiger partial charge on any atom is 0.280 e. The Kier molecular flexibility index (Phi) is 5.43. The summed E-state index contributed by atoms with van der Waals surface area (Å²) in [6.07, 6.45) is 2.13. The van der Waals surface area contributed by atoms with Gasteiger partial charge in [-0.25, -0.2) is 0 Å². The molecule has 1 saturated heterocycles. The summed E-state index contributed by atoms with van der Waals surface area (Å²) >= 11 is 0. The molecule has 2 aliphatic heterocycles. The molecule has 1 aromatic carbocycles. The quantitative estimate of drug-likeness (QED) is 0.719. The van der Waals surface area contributed by atoms with Crippen LogP contribution in [0.5, 0.6) is 11.5 Å². The molecule has 2 atom stereocenters. The van der Waals surface area contributed by atoms with Gasteiger partial charge in [0.1, 0.15) is 6.04 Å². The Bertz CT molecular complexity index is 1070. The van der Waals surface area contributed by atoms with Gasteiger partial charge in [-0.1, -0.05) is 6.07 Å². The molecule has 1 amide bonds. The zero-order valence-electron chi connectivity index (χ0n) is 17.1. The predicted molar refractivity (Wildman–Crippen MR) is 108 cm³/mol. The highest BCUT2D eigenvalue weighted by atomic mass is 32.2. The predicted octanol–water partition coefficient (Wildman–Crippen LogP) is 0.836. The number of aromatic nitrogens is 2. The molecule has 0 saturated carbocycles. The number of ether oxygens (including phenoxy) is 2. The molecule has 4 rings (SSSR count). The first-order chi connectivity index (χ1) is 14.3. The largest absolute Gasteiger partial charge is 0.454 e. The van der Waals surface area contributed by atoms with Crippen molar-refractivity contribution in [2.75, 3.05) is 13.8 Å². The third-order valence-electron chi connectivity index (χ3n) is 5.46. The van der Waals surface area contributed by atoms with Crippen LogP contribution in [-0.4, -0.2) is 48.3 Å². The molecule has 0 unspecified atom stereocenters. The number of nitrogens with one attached hydrogen (secondary N) is 2. The van der Waals surface area contributed by atoms with Crippen molar-refractivity contribution >= 4 is 16.1 Å². The van der Waals surface area contributed by atoms with Gasteiger partial charge in [-0.15, -0.1) is 0 Å². The number of amides is 1. The minimum Gasteiger partial charge on any atom is -0.454 e. The van der Waals surface area contributed by atoms with Gasteiger partial charge in [0, 0.05) is 31.9 Å². The van der Waals surface area contributed by atoms with Crippen molar-refractivity contribution < 1.29 is 22.7 Å². The second-order valence-electron chi connectivity index (χ2n) is 7.37. The van der Waals surface area contributed by atoms with Crippen LogP contribution in [-0.2, 0) is 28.1 Å². The summed E-state index contributed by atoms with van der Waals surface area (Å²) in [5.41, 5.74) is 2.36. The first-order valence-corrected chi connectivity index (χ1v) is 11.2. The third kappa shape index (κ3) is 3.87. The number of hydrogen-bond donors (Lipinski definition) is 2. The first-order valence-electron chi connectivity index (χ1n) is 9.74. The summed E-state index contributed by atoms with van der Waals surface area (Å²) in [5, 5.41) is 7.23. The Morgan fingerprint density at radius 3 is 2.83 bits per heavy atom. The highest BCUT2D eigenvalue weighted by Crippen LogP contribution is 2.33. The highest BCUT2D eigenvalue weighted by molar-refractivity contribution is 7.87. The topological polar surface area (TPSA) is 115 Å². The van der Waals surface area contributed by atoms with E-state index >= 15 is 0 Å². The Morgan fingerprint density at radius 2 is 2.10 bits per heavy atom. The Hall–Kier alpha value is -2.63. The van der Waals surface area contributed by atoms with Crippen LogP contribution in [0, 0.1) is 6.92 Å². The van der Waals surface area contributed by atoms with Crippen molar-refractivity contribution in [3.8, 4) is 11.5 Å². The molecule has 0 radical (unpaired) electrons. The molecule has 3 heterocycles.